The second-order valence-electron chi connectivity index (χ2n) is 10.4. The SMILES string of the molecule is CC(C)N1C[C@H](C(c2ccccc2)c2ccccc2)n2ncc(=O)c(O[C@@H]3OC(C(=O)O)[C@@H](O)C(O)C3O)c2C1=O. The van der Waals surface area contributed by atoms with Crippen molar-refractivity contribution in [2.24, 2.45) is 0 Å². The van der Waals surface area contributed by atoms with Gasteiger partial charge in [-0.1, -0.05) is 60.7 Å². The van der Waals surface area contributed by atoms with Crippen molar-refractivity contribution in [3.05, 3.63) is 93.9 Å². The fourth-order valence-corrected chi connectivity index (χ4v) is 5.42. The van der Waals surface area contributed by atoms with Gasteiger partial charge in [0.05, 0.1) is 12.2 Å². The zero-order valence-electron chi connectivity index (χ0n) is 22.3. The number of aliphatic carboxylic acids is 1. The first-order valence-corrected chi connectivity index (χ1v) is 13.2. The van der Waals surface area contributed by atoms with Gasteiger partial charge in [-0.25, -0.2) is 4.79 Å². The maximum absolute atomic E-state index is 13.8. The quantitative estimate of drug-likeness (QED) is 0.320. The van der Waals surface area contributed by atoms with Crippen molar-refractivity contribution in [3.8, 4) is 5.75 Å². The van der Waals surface area contributed by atoms with E-state index in [0.29, 0.717) is 0 Å². The molecule has 3 aromatic rings. The molecule has 216 valence electrons. The minimum Gasteiger partial charge on any atom is -0.479 e. The highest BCUT2D eigenvalue weighted by atomic mass is 16.7. The second kappa shape index (κ2) is 11.4. The summed E-state index contributed by atoms with van der Waals surface area (Å²) in [5.74, 6) is -2.99. The summed E-state index contributed by atoms with van der Waals surface area (Å²) < 4.78 is 12.4. The lowest BCUT2D eigenvalue weighted by Gasteiger charge is -2.42. The van der Waals surface area contributed by atoms with E-state index in [2.05, 4.69) is 5.10 Å². The number of aliphatic hydroxyl groups is 3. The van der Waals surface area contributed by atoms with Gasteiger partial charge in [-0.2, -0.15) is 5.10 Å². The van der Waals surface area contributed by atoms with Crippen LogP contribution in [0.15, 0.2) is 71.7 Å². The summed E-state index contributed by atoms with van der Waals surface area (Å²) in [6.07, 6.45) is -8.68. The molecule has 2 aromatic carbocycles. The largest absolute Gasteiger partial charge is 0.479 e. The van der Waals surface area contributed by atoms with Gasteiger partial charge in [-0.15, -0.1) is 0 Å². The van der Waals surface area contributed by atoms with E-state index in [1.807, 2.05) is 74.5 Å². The summed E-state index contributed by atoms with van der Waals surface area (Å²) in [5, 5.41) is 44.6. The van der Waals surface area contributed by atoms with Crippen molar-refractivity contribution in [3.63, 3.8) is 0 Å². The predicted molar refractivity (Wildman–Crippen MR) is 143 cm³/mol. The lowest BCUT2D eigenvalue weighted by molar-refractivity contribution is -0.271. The van der Waals surface area contributed by atoms with Crippen LogP contribution >= 0.6 is 0 Å². The Hall–Kier alpha value is -4.10. The topological polar surface area (TPSA) is 172 Å². The van der Waals surface area contributed by atoms with Crippen LogP contribution < -0.4 is 10.2 Å². The number of nitrogens with zero attached hydrogens (tertiary/aromatic N) is 3. The predicted octanol–water partition coefficient (Wildman–Crippen LogP) is 0.752. The van der Waals surface area contributed by atoms with Gasteiger partial charge in [0, 0.05) is 18.5 Å². The molecule has 2 aliphatic rings. The van der Waals surface area contributed by atoms with Crippen molar-refractivity contribution < 1.29 is 39.5 Å². The zero-order chi connectivity index (χ0) is 29.4. The molecule has 1 amide bonds. The number of amides is 1. The Morgan fingerprint density at radius 3 is 2.07 bits per heavy atom. The highest BCUT2D eigenvalue weighted by molar-refractivity contribution is 5.96. The summed E-state index contributed by atoms with van der Waals surface area (Å²) in [6.45, 7) is 3.92. The summed E-state index contributed by atoms with van der Waals surface area (Å²) >= 11 is 0. The number of benzene rings is 2. The molecule has 0 aliphatic carbocycles. The number of hydrogen-bond donors (Lipinski definition) is 4. The molecule has 1 saturated heterocycles. The number of carbonyl (C=O) groups is 2. The molecular formula is C29H31N3O9. The van der Waals surface area contributed by atoms with Gasteiger partial charge in [0.15, 0.2) is 11.8 Å². The summed E-state index contributed by atoms with van der Waals surface area (Å²) in [5.41, 5.74) is 0.877. The number of carbonyl (C=O) groups excluding carboxylic acids is 1. The van der Waals surface area contributed by atoms with Crippen LogP contribution in [0.25, 0.3) is 0 Å². The van der Waals surface area contributed by atoms with Crippen LogP contribution in [-0.4, -0.2) is 90.3 Å². The Labute approximate surface area is 235 Å². The number of rotatable bonds is 7. The smallest absolute Gasteiger partial charge is 0.335 e. The molecule has 1 aromatic heterocycles. The van der Waals surface area contributed by atoms with Gasteiger partial charge in [0.1, 0.15) is 18.3 Å². The lowest BCUT2D eigenvalue weighted by Crippen LogP contribution is -2.61. The Morgan fingerprint density at radius 2 is 1.54 bits per heavy atom. The van der Waals surface area contributed by atoms with Gasteiger partial charge in [-0.3, -0.25) is 14.3 Å². The minimum absolute atomic E-state index is 0.206. The first-order chi connectivity index (χ1) is 19.6. The molecule has 12 heteroatoms. The summed E-state index contributed by atoms with van der Waals surface area (Å²) in [7, 11) is 0. The number of carboxylic acids is 1. The third kappa shape index (κ3) is 5.22. The molecule has 0 bridgehead atoms. The van der Waals surface area contributed by atoms with Gasteiger partial charge in [0.2, 0.25) is 17.5 Å². The van der Waals surface area contributed by atoms with Gasteiger partial charge in [0.25, 0.3) is 5.91 Å². The Morgan fingerprint density at radius 1 is 0.951 bits per heavy atom. The first kappa shape index (κ1) is 28.4. The Kier molecular flexibility index (Phi) is 7.91. The second-order valence-corrected chi connectivity index (χ2v) is 10.4. The summed E-state index contributed by atoms with van der Waals surface area (Å²) in [6, 6.07) is 18.5. The van der Waals surface area contributed by atoms with Crippen molar-refractivity contribution >= 4 is 11.9 Å². The van der Waals surface area contributed by atoms with Crippen LogP contribution in [-0.2, 0) is 9.53 Å². The molecule has 3 unspecified atom stereocenters. The van der Waals surface area contributed by atoms with Crippen molar-refractivity contribution in [2.75, 3.05) is 6.54 Å². The van der Waals surface area contributed by atoms with E-state index in [4.69, 9.17) is 9.47 Å². The average molecular weight is 566 g/mol. The third-order valence-corrected chi connectivity index (χ3v) is 7.50. The number of aromatic nitrogens is 2. The van der Waals surface area contributed by atoms with Crippen LogP contribution in [0.4, 0.5) is 0 Å². The van der Waals surface area contributed by atoms with E-state index < -0.39 is 59.8 Å². The van der Waals surface area contributed by atoms with Crippen LogP contribution in [0.5, 0.6) is 5.75 Å². The zero-order valence-corrected chi connectivity index (χ0v) is 22.3. The fourth-order valence-electron chi connectivity index (χ4n) is 5.42. The van der Waals surface area contributed by atoms with E-state index in [-0.39, 0.29) is 24.2 Å². The van der Waals surface area contributed by atoms with Crippen molar-refractivity contribution in [1.82, 2.24) is 14.7 Å². The molecule has 12 nitrogen and oxygen atoms in total. The fraction of sp³-hybridized carbons (Fsp3) is 0.379. The molecular weight excluding hydrogens is 534 g/mol. The standard InChI is InChI=1S/C29H31N3O9/c1-15(2)31-14-18(20(16-9-5-3-6-10-16)17-11-7-4-8-12-17)32-21(27(31)37)25(19(33)13-30-32)40-29-24(36)22(34)23(35)26(41-29)28(38)39/h3-13,15,18,20,22-24,26,29,34-36H,14H2,1-2H3,(H,38,39)/t18-,22?,23+,24?,26?,29-/m1/s1. The number of carboxylic acid groups (broad SMARTS) is 1. The number of fused-ring (bicyclic) bond motifs is 1. The Balaban J connectivity index is 1.65. The monoisotopic (exact) mass is 565 g/mol. The van der Waals surface area contributed by atoms with E-state index in [1.165, 1.54) is 4.68 Å². The molecule has 41 heavy (non-hydrogen) atoms. The normalized spacial score (nSPS) is 26.2. The highest BCUT2D eigenvalue weighted by Crippen LogP contribution is 2.40. The third-order valence-electron chi connectivity index (χ3n) is 7.50. The maximum atomic E-state index is 13.8. The van der Waals surface area contributed by atoms with Crippen LogP contribution in [0.2, 0.25) is 0 Å². The summed E-state index contributed by atoms with van der Waals surface area (Å²) in [4.78, 5) is 40.2. The van der Waals surface area contributed by atoms with E-state index >= 15 is 0 Å². The molecule has 1 fully saturated rings. The van der Waals surface area contributed by atoms with Gasteiger partial charge in [-0.05, 0) is 25.0 Å². The maximum Gasteiger partial charge on any atom is 0.335 e. The highest BCUT2D eigenvalue weighted by Gasteiger charge is 2.49. The van der Waals surface area contributed by atoms with E-state index in [1.54, 1.807) is 4.90 Å². The molecule has 4 N–H and O–H groups in total. The van der Waals surface area contributed by atoms with Crippen molar-refractivity contribution in [2.45, 2.75) is 62.6 Å². The number of ether oxygens (including phenoxy) is 2. The first-order valence-electron chi connectivity index (χ1n) is 13.2. The Bertz CT molecular complexity index is 1420. The van der Waals surface area contributed by atoms with Crippen LogP contribution in [0, 0.1) is 0 Å². The van der Waals surface area contributed by atoms with Crippen LogP contribution in [0.1, 0.15) is 47.4 Å². The number of hydrogen-bond acceptors (Lipinski definition) is 9. The molecule has 6 atom stereocenters. The molecule has 5 rings (SSSR count). The van der Waals surface area contributed by atoms with Gasteiger partial charge < -0.3 is 34.8 Å². The van der Waals surface area contributed by atoms with E-state index in [9.17, 15) is 34.8 Å². The minimum atomic E-state index is -1.95. The molecule has 0 spiro atoms. The molecule has 2 aliphatic heterocycles. The molecule has 0 saturated carbocycles. The van der Waals surface area contributed by atoms with Crippen molar-refractivity contribution in [1.29, 1.82) is 0 Å². The molecule has 3 heterocycles. The van der Waals surface area contributed by atoms with Gasteiger partial charge >= 0.3 is 5.97 Å². The average Bonchev–Trinajstić information content (AvgIpc) is 2.96. The van der Waals surface area contributed by atoms with Crippen LogP contribution in [0.3, 0.4) is 0 Å². The molecule has 0 radical (unpaired) electrons. The van der Waals surface area contributed by atoms with E-state index in [0.717, 1.165) is 17.3 Å². The number of aliphatic hydroxyl groups excluding tert-OH is 3. The lowest BCUT2D eigenvalue weighted by atomic mass is 9.83.